The summed E-state index contributed by atoms with van der Waals surface area (Å²) in [4.78, 5) is 2.77. The van der Waals surface area contributed by atoms with Crippen molar-refractivity contribution < 1.29 is 0 Å². The minimum atomic E-state index is 0.248. The van der Waals surface area contributed by atoms with E-state index in [0.29, 0.717) is 5.41 Å². The van der Waals surface area contributed by atoms with Gasteiger partial charge in [0.25, 0.3) is 0 Å². The second kappa shape index (κ2) is 6.36. The Morgan fingerprint density at radius 2 is 1.60 bits per heavy atom. The average molecular weight is 281 g/mol. The summed E-state index contributed by atoms with van der Waals surface area (Å²) < 4.78 is 0. The van der Waals surface area contributed by atoms with Crippen LogP contribution in [0.5, 0.6) is 0 Å². The molecule has 1 saturated carbocycles. The van der Waals surface area contributed by atoms with Crippen molar-refractivity contribution in [2.24, 2.45) is 17.3 Å². The smallest absolute Gasteiger partial charge is 0.00967 e. The van der Waals surface area contributed by atoms with Gasteiger partial charge >= 0.3 is 0 Å². The van der Waals surface area contributed by atoms with Gasteiger partial charge in [0.2, 0.25) is 0 Å². The van der Waals surface area contributed by atoms with Crippen molar-refractivity contribution in [2.45, 2.75) is 72.3 Å². The first-order valence-corrected chi connectivity index (χ1v) is 8.75. The van der Waals surface area contributed by atoms with E-state index in [4.69, 9.17) is 0 Å². The van der Waals surface area contributed by atoms with Gasteiger partial charge in [-0.2, -0.15) is 0 Å². The van der Waals surface area contributed by atoms with Gasteiger partial charge in [0.1, 0.15) is 0 Å². The van der Waals surface area contributed by atoms with Crippen LogP contribution in [0.3, 0.4) is 0 Å². The fourth-order valence-corrected chi connectivity index (χ4v) is 4.36. The molecule has 0 aromatic heterocycles. The molecule has 0 aromatic rings. The summed E-state index contributed by atoms with van der Waals surface area (Å²) in [5, 5.41) is 3.79. The second-order valence-corrected chi connectivity index (χ2v) is 8.95. The van der Waals surface area contributed by atoms with E-state index < -0.39 is 0 Å². The highest BCUT2D eigenvalue weighted by atomic mass is 15.1. The van der Waals surface area contributed by atoms with Gasteiger partial charge < -0.3 is 10.2 Å². The van der Waals surface area contributed by atoms with E-state index in [1.807, 2.05) is 0 Å². The molecule has 0 spiro atoms. The number of likely N-dealkylation sites (tertiary alicyclic amines) is 1. The monoisotopic (exact) mass is 280 g/mol. The lowest BCUT2D eigenvalue weighted by atomic mass is 9.82. The molecule has 1 N–H and O–H groups in total. The fraction of sp³-hybridized carbons (Fsp3) is 1.00. The molecule has 1 aliphatic heterocycles. The van der Waals surface area contributed by atoms with Crippen LogP contribution in [0, 0.1) is 17.3 Å². The first kappa shape index (κ1) is 16.3. The zero-order chi connectivity index (χ0) is 14.8. The van der Waals surface area contributed by atoms with E-state index in [9.17, 15) is 0 Å². The third kappa shape index (κ3) is 4.73. The Labute approximate surface area is 126 Å². The summed E-state index contributed by atoms with van der Waals surface area (Å²) in [6.45, 7) is 16.9. The maximum atomic E-state index is 3.79. The van der Waals surface area contributed by atoms with Crippen LogP contribution in [-0.2, 0) is 0 Å². The predicted octanol–water partition coefficient (Wildman–Crippen LogP) is 3.91. The van der Waals surface area contributed by atoms with Crippen LogP contribution in [0.15, 0.2) is 0 Å². The number of nitrogens with zero attached hydrogens (tertiary/aromatic N) is 1. The number of rotatable bonds is 4. The molecular weight excluding hydrogens is 244 g/mol. The summed E-state index contributed by atoms with van der Waals surface area (Å²) in [6.07, 6.45) is 7.14. The van der Waals surface area contributed by atoms with Gasteiger partial charge in [0, 0.05) is 31.7 Å². The Balaban J connectivity index is 1.94. The molecule has 0 amide bonds. The van der Waals surface area contributed by atoms with Crippen LogP contribution < -0.4 is 5.32 Å². The molecular formula is C18H36N2. The molecule has 2 atom stereocenters. The van der Waals surface area contributed by atoms with E-state index in [1.165, 1.54) is 58.3 Å². The molecule has 2 aliphatic rings. The molecule has 2 unspecified atom stereocenters. The number of hydrogen-bond donors (Lipinski definition) is 1. The van der Waals surface area contributed by atoms with Crippen molar-refractivity contribution in [3.63, 3.8) is 0 Å². The molecule has 1 aliphatic carbocycles. The zero-order valence-corrected chi connectivity index (χ0v) is 14.5. The molecule has 2 fully saturated rings. The van der Waals surface area contributed by atoms with Crippen molar-refractivity contribution in [3.05, 3.63) is 0 Å². The minimum absolute atomic E-state index is 0.248. The second-order valence-electron chi connectivity index (χ2n) is 8.95. The summed E-state index contributed by atoms with van der Waals surface area (Å²) in [5.74, 6) is 1.76. The van der Waals surface area contributed by atoms with Gasteiger partial charge in [0.15, 0.2) is 0 Å². The number of nitrogens with one attached hydrogen (secondary N) is 1. The van der Waals surface area contributed by atoms with E-state index in [1.54, 1.807) is 0 Å². The van der Waals surface area contributed by atoms with E-state index in [2.05, 4.69) is 44.8 Å². The summed E-state index contributed by atoms with van der Waals surface area (Å²) in [7, 11) is 0. The minimum Gasteiger partial charge on any atom is -0.311 e. The maximum Gasteiger partial charge on any atom is 0.00967 e. The highest BCUT2D eigenvalue weighted by Crippen LogP contribution is 2.39. The van der Waals surface area contributed by atoms with Crippen LogP contribution in [0.2, 0.25) is 0 Å². The number of piperidine rings is 1. The van der Waals surface area contributed by atoms with Crippen molar-refractivity contribution in [2.75, 3.05) is 26.2 Å². The van der Waals surface area contributed by atoms with E-state index in [0.717, 1.165) is 11.8 Å². The van der Waals surface area contributed by atoms with Crippen molar-refractivity contribution >= 4 is 0 Å². The SMILES string of the molecule is CC1CC(C)CN(CC2(CNC(C)(C)C)CCCC2)C1. The Kier molecular flexibility index (Phi) is 5.18. The zero-order valence-electron chi connectivity index (χ0n) is 14.5. The van der Waals surface area contributed by atoms with Gasteiger partial charge in [-0.3, -0.25) is 0 Å². The van der Waals surface area contributed by atoms with Crippen LogP contribution in [0.4, 0.5) is 0 Å². The molecule has 2 rings (SSSR count). The van der Waals surface area contributed by atoms with Crippen molar-refractivity contribution in [3.8, 4) is 0 Å². The van der Waals surface area contributed by atoms with Gasteiger partial charge in [0.05, 0.1) is 0 Å². The molecule has 1 heterocycles. The molecule has 20 heavy (non-hydrogen) atoms. The molecule has 0 radical (unpaired) electrons. The first-order valence-electron chi connectivity index (χ1n) is 8.75. The molecule has 118 valence electrons. The quantitative estimate of drug-likeness (QED) is 0.840. The highest BCUT2D eigenvalue weighted by Gasteiger charge is 2.37. The van der Waals surface area contributed by atoms with Crippen LogP contribution >= 0.6 is 0 Å². The predicted molar refractivity (Wildman–Crippen MR) is 88.0 cm³/mol. The standard InChI is InChI=1S/C18H36N2/c1-15-10-16(2)12-20(11-15)14-18(8-6-7-9-18)13-19-17(3,4)5/h15-16,19H,6-14H2,1-5H3. The number of hydrogen-bond acceptors (Lipinski definition) is 2. The summed E-state index contributed by atoms with van der Waals surface area (Å²) in [6, 6.07) is 0. The first-order chi connectivity index (χ1) is 9.28. The normalized spacial score (nSPS) is 31.6. The molecule has 0 bridgehead atoms. The molecule has 2 heteroatoms. The van der Waals surface area contributed by atoms with Crippen LogP contribution in [0.25, 0.3) is 0 Å². The molecule has 1 saturated heterocycles. The molecule has 2 nitrogen and oxygen atoms in total. The van der Waals surface area contributed by atoms with Gasteiger partial charge in [-0.25, -0.2) is 0 Å². The van der Waals surface area contributed by atoms with Crippen LogP contribution in [0.1, 0.15) is 66.7 Å². The fourth-order valence-electron chi connectivity index (χ4n) is 4.36. The Hall–Kier alpha value is -0.0800. The topological polar surface area (TPSA) is 15.3 Å². The van der Waals surface area contributed by atoms with Crippen LogP contribution in [-0.4, -0.2) is 36.6 Å². The Morgan fingerprint density at radius 1 is 1.05 bits per heavy atom. The van der Waals surface area contributed by atoms with Gasteiger partial charge in [-0.05, 0) is 57.3 Å². The molecule has 0 aromatic carbocycles. The lowest BCUT2D eigenvalue weighted by Crippen LogP contribution is -2.50. The van der Waals surface area contributed by atoms with Crippen molar-refractivity contribution in [1.82, 2.24) is 10.2 Å². The third-order valence-corrected chi connectivity index (χ3v) is 5.16. The van der Waals surface area contributed by atoms with Gasteiger partial charge in [-0.15, -0.1) is 0 Å². The Morgan fingerprint density at radius 3 is 2.10 bits per heavy atom. The Bertz CT molecular complexity index is 289. The van der Waals surface area contributed by atoms with E-state index >= 15 is 0 Å². The summed E-state index contributed by atoms with van der Waals surface area (Å²) >= 11 is 0. The lowest BCUT2D eigenvalue weighted by molar-refractivity contribution is 0.0797. The maximum absolute atomic E-state index is 3.79. The highest BCUT2D eigenvalue weighted by molar-refractivity contribution is 4.92. The van der Waals surface area contributed by atoms with E-state index in [-0.39, 0.29) is 5.54 Å². The van der Waals surface area contributed by atoms with Crippen molar-refractivity contribution in [1.29, 1.82) is 0 Å². The lowest BCUT2D eigenvalue weighted by Gasteiger charge is -2.42. The largest absolute Gasteiger partial charge is 0.311 e. The average Bonchev–Trinajstić information content (AvgIpc) is 2.73. The third-order valence-electron chi connectivity index (χ3n) is 5.16. The summed E-state index contributed by atoms with van der Waals surface area (Å²) in [5.41, 5.74) is 0.794. The van der Waals surface area contributed by atoms with Gasteiger partial charge in [-0.1, -0.05) is 26.7 Å².